The van der Waals surface area contributed by atoms with Crippen LogP contribution in [0.25, 0.3) is 0 Å². The normalized spacial score (nSPS) is 38.6. The van der Waals surface area contributed by atoms with Crippen molar-refractivity contribution in [3.8, 4) is 0 Å². The predicted molar refractivity (Wildman–Crippen MR) is 30.5 cm³/mol. The summed E-state index contributed by atoms with van der Waals surface area (Å²) >= 11 is 0. The molecule has 1 rings (SSSR count). The van der Waals surface area contributed by atoms with Gasteiger partial charge in [0, 0.05) is 6.04 Å². The Hall–Kier alpha value is 0.210. The van der Waals surface area contributed by atoms with Crippen molar-refractivity contribution in [3.05, 3.63) is 0 Å². The molecule has 0 spiro atoms. The first kappa shape index (κ1) is 7.21. The summed E-state index contributed by atoms with van der Waals surface area (Å²) in [6.07, 6.45) is 1.72. The Morgan fingerprint density at radius 3 is 1.86 bits per heavy atom. The number of hydrogen-bond acceptors (Lipinski definition) is 2. The Morgan fingerprint density at radius 2 is 1.86 bits per heavy atom. The van der Waals surface area contributed by atoms with Gasteiger partial charge in [-0.05, 0) is 12.8 Å². The van der Waals surface area contributed by atoms with Gasteiger partial charge < -0.3 is 10.8 Å². The lowest BCUT2D eigenvalue weighted by Gasteiger charge is -2.27. The summed E-state index contributed by atoms with van der Waals surface area (Å²) in [5.41, 5.74) is 5.27. The second-order valence-corrected chi connectivity index (χ2v) is 1.81. The molecule has 0 aromatic heterocycles. The Kier molecular flexibility index (Phi) is 2.58. The number of hydrogen-bond donors (Lipinski definition) is 2. The highest BCUT2D eigenvalue weighted by Crippen LogP contribution is 2.15. The molecule has 1 aliphatic rings. The van der Waals surface area contributed by atoms with Crippen molar-refractivity contribution in [2.45, 2.75) is 25.0 Å². The average molecular weight is 124 g/mol. The molecule has 2 nitrogen and oxygen atoms in total. The van der Waals surface area contributed by atoms with Crippen molar-refractivity contribution in [1.82, 2.24) is 0 Å². The molecule has 0 amide bonds. The van der Waals surface area contributed by atoms with Gasteiger partial charge in [-0.25, -0.2) is 0 Å². The van der Waals surface area contributed by atoms with Crippen molar-refractivity contribution in [3.63, 3.8) is 0 Å². The fourth-order valence-corrected chi connectivity index (χ4v) is 0.508. The van der Waals surface area contributed by atoms with Crippen molar-refractivity contribution >= 4 is 12.4 Å². The van der Waals surface area contributed by atoms with E-state index in [1.54, 1.807) is 0 Å². The molecule has 0 aliphatic heterocycles. The number of aliphatic hydroxyl groups excluding tert-OH is 1. The Morgan fingerprint density at radius 1 is 1.43 bits per heavy atom. The molecule has 3 N–H and O–H groups in total. The van der Waals surface area contributed by atoms with Crippen LogP contribution in [0.4, 0.5) is 0 Å². The van der Waals surface area contributed by atoms with Gasteiger partial charge in [0.2, 0.25) is 0 Å². The molecule has 1 unspecified atom stereocenters. The fourth-order valence-electron chi connectivity index (χ4n) is 0.508. The van der Waals surface area contributed by atoms with Gasteiger partial charge in [0.15, 0.2) is 0 Å². The molecule has 1 saturated carbocycles. The molecule has 1 aliphatic carbocycles. The highest BCUT2D eigenvalue weighted by molar-refractivity contribution is 5.85. The van der Waals surface area contributed by atoms with Crippen molar-refractivity contribution < 1.29 is 5.11 Å². The first-order valence-corrected chi connectivity index (χ1v) is 2.24. The van der Waals surface area contributed by atoms with E-state index in [4.69, 9.17) is 10.8 Å². The molecule has 0 aromatic carbocycles. The van der Waals surface area contributed by atoms with E-state index in [1.807, 2.05) is 0 Å². The first-order chi connectivity index (χ1) is 2.80. The van der Waals surface area contributed by atoms with E-state index < -0.39 is 0 Å². The average Bonchev–Trinajstić information content (AvgIpc) is 1.61. The standard InChI is InChI=1S/C4H9NO.ClH/c5-3-1-2-4(3)6;/h3-4,6H,1-2,5H2;1H/t3?,4-;/m1./s1. The van der Waals surface area contributed by atoms with Gasteiger partial charge >= 0.3 is 0 Å². The molecule has 2 atom stereocenters. The summed E-state index contributed by atoms with van der Waals surface area (Å²) in [4.78, 5) is 0. The molecule has 7 heavy (non-hydrogen) atoms. The molecule has 3 heteroatoms. The van der Waals surface area contributed by atoms with Crippen LogP contribution in [-0.4, -0.2) is 17.3 Å². The van der Waals surface area contributed by atoms with Crippen LogP contribution in [-0.2, 0) is 0 Å². The van der Waals surface area contributed by atoms with Gasteiger partial charge in [0.1, 0.15) is 0 Å². The third-order valence-electron chi connectivity index (χ3n) is 1.29. The van der Waals surface area contributed by atoms with Gasteiger partial charge in [0.05, 0.1) is 6.10 Å². The third-order valence-corrected chi connectivity index (χ3v) is 1.29. The van der Waals surface area contributed by atoms with Crippen LogP contribution >= 0.6 is 12.4 Å². The minimum atomic E-state index is -0.190. The zero-order valence-electron chi connectivity index (χ0n) is 4.00. The van der Waals surface area contributed by atoms with Crippen LogP contribution in [0.5, 0.6) is 0 Å². The van der Waals surface area contributed by atoms with E-state index in [-0.39, 0.29) is 24.6 Å². The highest BCUT2D eigenvalue weighted by Gasteiger charge is 2.23. The zero-order valence-corrected chi connectivity index (χ0v) is 4.82. The van der Waals surface area contributed by atoms with Gasteiger partial charge in [-0.1, -0.05) is 0 Å². The lowest BCUT2D eigenvalue weighted by Crippen LogP contribution is -2.43. The van der Waals surface area contributed by atoms with Crippen LogP contribution in [0.2, 0.25) is 0 Å². The molecular formula is C4H10ClNO. The van der Waals surface area contributed by atoms with Crippen LogP contribution in [0.15, 0.2) is 0 Å². The van der Waals surface area contributed by atoms with E-state index in [0.29, 0.717) is 0 Å². The minimum Gasteiger partial charge on any atom is -0.392 e. The molecular weight excluding hydrogens is 114 g/mol. The maximum absolute atomic E-state index is 8.59. The van der Waals surface area contributed by atoms with Gasteiger partial charge in [-0.15, -0.1) is 12.4 Å². The maximum atomic E-state index is 8.59. The second-order valence-electron chi connectivity index (χ2n) is 1.81. The summed E-state index contributed by atoms with van der Waals surface area (Å²) in [7, 11) is 0. The largest absolute Gasteiger partial charge is 0.392 e. The van der Waals surface area contributed by atoms with E-state index in [1.165, 1.54) is 0 Å². The summed E-state index contributed by atoms with van der Waals surface area (Å²) in [6, 6.07) is 0.0880. The van der Waals surface area contributed by atoms with Crippen LogP contribution in [0.3, 0.4) is 0 Å². The fraction of sp³-hybridized carbons (Fsp3) is 1.00. The minimum absolute atomic E-state index is 0. The van der Waals surface area contributed by atoms with Crippen molar-refractivity contribution in [1.29, 1.82) is 0 Å². The maximum Gasteiger partial charge on any atom is 0.0691 e. The number of halogens is 1. The van der Waals surface area contributed by atoms with Crippen molar-refractivity contribution in [2.24, 2.45) is 5.73 Å². The molecule has 0 radical (unpaired) electrons. The summed E-state index contributed by atoms with van der Waals surface area (Å²) in [5.74, 6) is 0. The van der Waals surface area contributed by atoms with E-state index >= 15 is 0 Å². The topological polar surface area (TPSA) is 46.2 Å². The Balaban J connectivity index is 0.000000360. The van der Waals surface area contributed by atoms with E-state index in [9.17, 15) is 0 Å². The SMILES string of the molecule is Cl.NC1CC[C@H]1O. The quantitative estimate of drug-likeness (QED) is 0.472. The second kappa shape index (κ2) is 2.50. The number of rotatable bonds is 0. The third kappa shape index (κ3) is 1.30. The zero-order chi connectivity index (χ0) is 4.57. The van der Waals surface area contributed by atoms with Gasteiger partial charge in [-0.2, -0.15) is 0 Å². The Labute approximate surface area is 49.1 Å². The summed E-state index contributed by atoms with van der Waals surface area (Å²) in [6.45, 7) is 0. The van der Waals surface area contributed by atoms with Crippen molar-refractivity contribution in [2.75, 3.05) is 0 Å². The monoisotopic (exact) mass is 123 g/mol. The Bertz CT molecular complexity index is 51.7. The summed E-state index contributed by atoms with van der Waals surface area (Å²) in [5, 5.41) is 8.59. The lowest BCUT2D eigenvalue weighted by atomic mass is 9.90. The summed E-state index contributed by atoms with van der Waals surface area (Å²) < 4.78 is 0. The van der Waals surface area contributed by atoms with Gasteiger partial charge in [0.25, 0.3) is 0 Å². The number of aliphatic hydroxyl groups is 1. The molecule has 0 aromatic rings. The van der Waals surface area contributed by atoms with E-state index in [0.717, 1.165) is 12.8 Å². The van der Waals surface area contributed by atoms with E-state index in [2.05, 4.69) is 0 Å². The van der Waals surface area contributed by atoms with Crippen LogP contribution in [0, 0.1) is 0 Å². The van der Waals surface area contributed by atoms with Gasteiger partial charge in [-0.3, -0.25) is 0 Å². The molecule has 0 bridgehead atoms. The highest BCUT2D eigenvalue weighted by atomic mass is 35.5. The molecule has 44 valence electrons. The van der Waals surface area contributed by atoms with Crippen LogP contribution < -0.4 is 5.73 Å². The first-order valence-electron chi connectivity index (χ1n) is 2.24. The molecule has 1 fully saturated rings. The smallest absolute Gasteiger partial charge is 0.0691 e. The lowest BCUT2D eigenvalue weighted by molar-refractivity contribution is 0.0693. The predicted octanol–water partition coefficient (Wildman–Crippen LogP) is -0.110. The van der Waals surface area contributed by atoms with Crippen LogP contribution in [0.1, 0.15) is 12.8 Å². The molecule has 0 saturated heterocycles. The molecule has 0 heterocycles. The number of nitrogens with two attached hydrogens (primary N) is 1.